The first-order valence-electron chi connectivity index (χ1n) is 10.5. The molecule has 0 saturated carbocycles. The summed E-state index contributed by atoms with van der Waals surface area (Å²) >= 11 is 0. The first-order valence-corrected chi connectivity index (χ1v) is 10.5. The number of benzene rings is 1. The van der Waals surface area contributed by atoms with Crippen LogP contribution in [0.15, 0.2) is 30.5 Å². The van der Waals surface area contributed by atoms with Crippen LogP contribution in [0.1, 0.15) is 30.4 Å². The monoisotopic (exact) mass is 396 g/mol. The number of piperidine rings is 1. The van der Waals surface area contributed by atoms with E-state index in [9.17, 15) is 5.11 Å². The Kier molecular flexibility index (Phi) is 4.80. The van der Waals surface area contributed by atoms with Crippen molar-refractivity contribution in [3.8, 4) is 5.75 Å². The first-order chi connectivity index (χ1) is 14.2. The molecular weight excluding hydrogens is 368 g/mol. The fourth-order valence-electron chi connectivity index (χ4n) is 4.98. The molecule has 154 valence electrons. The molecule has 0 radical (unpaired) electrons. The average Bonchev–Trinajstić information content (AvgIpc) is 3.21. The molecule has 1 N–H and O–H groups in total. The van der Waals surface area contributed by atoms with E-state index in [0.717, 1.165) is 69.4 Å². The number of nitrogens with zero attached hydrogens (tertiary/aromatic N) is 4. The number of ether oxygens (including phenoxy) is 2. The lowest BCUT2D eigenvalue weighted by Crippen LogP contribution is -2.47. The van der Waals surface area contributed by atoms with E-state index in [1.54, 1.807) is 7.11 Å². The fourth-order valence-corrected chi connectivity index (χ4v) is 4.98. The van der Waals surface area contributed by atoms with E-state index in [4.69, 9.17) is 14.5 Å². The predicted octanol–water partition coefficient (Wildman–Crippen LogP) is 2.12. The molecule has 7 nitrogen and oxygen atoms in total. The summed E-state index contributed by atoms with van der Waals surface area (Å²) in [6.07, 6.45) is 5.06. The number of anilines is 2. The van der Waals surface area contributed by atoms with Gasteiger partial charge in [-0.2, -0.15) is 4.98 Å². The molecule has 7 heteroatoms. The lowest BCUT2D eigenvalue weighted by atomic mass is 9.79. The number of aliphatic hydroxyl groups excluding tert-OH is 1. The molecule has 1 aromatic carbocycles. The van der Waals surface area contributed by atoms with Crippen molar-refractivity contribution in [3.63, 3.8) is 0 Å². The van der Waals surface area contributed by atoms with Gasteiger partial charge >= 0.3 is 0 Å². The Balaban J connectivity index is 1.36. The summed E-state index contributed by atoms with van der Waals surface area (Å²) in [7, 11) is 1.74. The van der Waals surface area contributed by atoms with Crippen molar-refractivity contribution in [2.45, 2.75) is 37.4 Å². The number of methoxy groups -OCH3 is 1. The van der Waals surface area contributed by atoms with E-state index in [1.807, 2.05) is 18.3 Å². The van der Waals surface area contributed by atoms with Gasteiger partial charge < -0.3 is 24.4 Å². The van der Waals surface area contributed by atoms with Crippen LogP contribution in [0.4, 0.5) is 11.8 Å². The summed E-state index contributed by atoms with van der Waals surface area (Å²) in [5.74, 6) is 2.59. The summed E-state index contributed by atoms with van der Waals surface area (Å²) in [6.45, 7) is 3.91. The topological polar surface area (TPSA) is 71.0 Å². The van der Waals surface area contributed by atoms with E-state index in [2.05, 4.69) is 26.9 Å². The zero-order valence-corrected chi connectivity index (χ0v) is 16.9. The van der Waals surface area contributed by atoms with Crippen molar-refractivity contribution in [1.29, 1.82) is 0 Å². The van der Waals surface area contributed by atoms with Gasteiger partial charge in [0.05, 0.1) is 19.8 Å². The Morgan fingerprint density at radius 3 is 2.79 bits per heavy atom. The van der Waals surface area contributed by atoms with Crippen molar-refractivity contribution >= 4 is 11.8 Å². The summed E-state index contributed by atoms with van der Waals surface area (Å²) in [4.78, 5) is 13.7. The molecule has 29 heavy (non-hydrogen) atoms. The second kappa shape index (κ2) is 7.46. The highest BCUT2D eigenvalue weighted by Gasteiger charge is 2.43. The van der Waals surface area contributed by atoms with Gasteiger partial charge in [0.25, 0.3) is 0 Å². The Morgan fingerprint density at radius 1 is 1.17 bits per heavy atom. The molecule has 0 aliphatic carbocycles. The van der Waals surface area contributed by atoms with Gasteiger partial charge in [-0.05, 0) is 43.4 Å². The van der Waals surface area contributed by atoms with Crippen LogP contribution >= 0.6 is 0 Å². The number of aliphatic hydroxyl groups is 1. The van der Waals surface area contributed by atoms with Crippen LogP contribution in [-0.4, -0.2) is 61.1 Å². The molecule has 3 aliphatic heterocycles. The number of rotatable bonds is 3. The van der Waals surface area contributed by atoms with Crippen LogP contribution < -0.4 is 14.5 Å². The molecule has 1 unspecified atom stereocenters. The normalized spacial score (nSPS) is 23.3. The van der Waals surface area contributed by atoms with Crippen molar-refractivity contribution in [2.75, 3.05) is 49.7 Å². The van der Waals surface area contributed by atoms with Gasteiger partial charge in [0.15, 0.2) is 0 Å². The minimum Gasteiger partial charge on any atom is -0.496 e. The molecule has 5 rings (SSSR count). The van der Waals surface area contributed by atoms with Crippen molar-refractivity contribution in [3.05, 3.63) is 41.6 Å². The SMILES string of the molecule is COc1cccc2c1C1(CCN(c3nccc(N4CCC(O)C4)n3)CC1)OCC2. The highest BCUT2D eigenvalue weighted by molar-refractivity contribution is 5.48. The second-order valence-electron chi connectivity index (χ2n) is 8.18. The molecule has 1 aromatic heterocycles. The minimum atomic E-state index is -0.284. The second-order valence-corrected chi connectivity index (χ2v) is 8.18. The summed E-state index contributed by atoms with van der Waals surface area (Å²) in [5, 5.41) is 9.82. The molecule has 0 amide bonds. The summed E-state index contributed by atoms with van der Waals surface area (Å²) in [5.41, 5.74) is 2.29. The minimum absolute atomic E-state index is 0.262. The quantitative estimate of drug-likeness (QED) is 0.852. The van der Waals surface area contributed by atoms with Gasteiger partial charge in [0.1, 0.15) is 17.2 Å². The van der Waals surface area contributed by atoms with Gasteiger partial charge in [-0.25, -0.2) is 4.98 Å². The maximum absolute atomic E-state index is 9.82. The van der Waals surface area contributed by atoms with E-state index in [0.29, 0.717) is 6.54 Å². The van der Waals surface area contributed by atoms with Crippen molar-refractivity contribution in [1.82, 2.24) is 9.97 Å². The van der Waals surface area contributed by atoms with Crippen LogP contribution in [0.5, 0.6) is 5.75 Å². The van der Waals surface area contributed by atoms with Crippen LogP contribution in [0.25, 0.3) is 0 Å². The lowest BCUT2D eigenvalue weighted by molar-refractivity contribution is -0.0780. The third-order valence-electron chi connectivity index (χ3n) is 6.51. The standard InChI is InChI=1S/C22H28N4O3/c1-28-18-4-2-3-16-7-14-29-22(20(16)18)8-12-25(13-9-22)21-23-10-5-19(24-21)26-11-6-17(27)15-26/h2-5,10,17,27H,6-9,11-15H2,1H3. The zero-order chi connectivity index (χ0) is 19.8. The van der Waals surface area contributed by atoms with Crippen LogP contribution in [-0.2, 0) is 16.8 Å². The molecular formula is C22H28N4O3. The van der Waals surface area contributed by atoms with Gasteiger partial charge in [-0.1, -0.05) is 12.1 Å². The Bertz CT molecular complexity index is 868. The third-order valence-corrected chi connectivity index (χ3v) is 6.51. The largest absolute Gasteiger partial charge is 0.496 e. The molecule has 3 aliphatic rings. The highest BCUT2D eigenvalue weighted by atomic mass is 16.5. The molecule has 1 spiro atoms. The van der Waals surface area contributed by atoms with Crippen LogP contribution in [0.3, 0.4) is 0 Å². The molecule has 2 fully saturated rings. The molecule has 0 bridgehead atoms. The van der Waals surface area contributed by atoms with Crippen LogP contribution in [0.2, 0.25) is 0 Å². The summed E-state index contributed by atoms with van der Waals surface area (Å²) < 4.78 is 12.1. The number of hydrogen-bond acceptors (Lipinski definition) is 7. The average molecular weight is 396 g/mol. The zero-order valence-electron chi connectivity index (χ0n) is 16.9. The Labute approximate surface area is 171 Å². The number of β-amino-alcohol motifs (C(OH)–C–C–N with tert-alkyl or cyclic N) is 1. The van der Waals surface area contributed by atoms with Gasteiger partial charge in [-0.15, -0.1) is 0 Å². The van der Waals surface area contributed by atoms with Crippen molar-refractivity contribution < 1.29 is 14.6 Å². The highest BCUT2D eigenvalue weighted by Crippen LogP contribution is 2.46. The van der Waals surface area contributed by atoms with E-state index < -0.39 is 0 Å². The van der Waals surface area contributed by atoms with Crippen molar-refractivity contribution in [2.24, 2.45) is 0 Å². The third kappa shape index (κ3) is 3.32. The van der Waals surface area contributed by atoms with Gasteiger partial charge in [0, 0.05) is 37.9 Å². The maximum atomic E-state index is 9.82. The predicted molar refractivity (Wildman–Crippen MR) is 111 cm³/mol. The molecule has 4 heterocycles. The smallest absolute Gasteiger partial charge is 0.227 e. The lowest BCUT2D eigenvalue weighted by Gasteiger charge is -2.45. The molecule has 2 saturated heterocycles. The van der Waals surface area contributed by atoms with Crippen LogP contribution in [0, 0.1) is 0 Å². The van der Waals surface area contributed by atoms with E-state index >= 15 is 0 Å². The number of hydrogen-bond donors (Lipinski definition) is 1. The maximum Gasteiger partial charge on any atom is 0.227 e. The Morgan fingerprint density at radius 2 is 2.03 bits per heavy atom. The first kappa shape index (κ1) is 18.6. The number of fused-ring (bicyclic) bond motifs is 2. The number of aromatic nitrogens is 2. The molecule has 1 atom stereocenters. The van der Waals surface area contributed by atoms with E-state index in [-0.39, 0.29) is 11.7 Å². The summed E-state index contributed by atoms with van der Waals surface area (Å²) in [6, 6.07) is 8.24. The Hall–Kier alpha value is -2.38. The van der Waals surface area contributed by atoms with E-state index in [1.165, 1.54) is 11.1 Å². The van der Waals surface area contributed by atoms with Gasteiger partial charge in [-0.3, -0.25) is 0 Å². The molecule has 2 aromatic rings. The fraction of sp³-hybridized carbons (Fsp3) is 0.545. The van der Waals surface area contributed by atoms with Gasteiger partial charge in [0.2, 0.25) is 5.95 Å².